The molecule has 0 saturated heterocycles. The summed E-state index contributed by atoms with van der Waals surface area (Å²) >= 11 is 0. The molecule has 3 amide bonds. The Balaban J connectivity index is 1.63. The normalized spacial score (nSPS) is 13.3. The number of aromatic amines is 1. The fourth-order valence-corrected chi connectivity index (χ4v) is 4.32. The second-order valence-corrected chi connectivity index (χ2v) is 11.4. The molecule has 43 heavy (non-hydrogen) atoms. The van der Waals surface area contributed by atoms with E-state index in [1.807, 2.05) is 24.3 Å². The Morgan fingerprint density at radius 3 is 2.26 bits per heavy atom. The lowest BCUT2D eigenvalue weighted by Gasteiger charge is -2.29. The summed E-state index contributed by atoms with van der Waals surface area (Å²) in [5.41, 5.74) is 0.0399. The number of hydrogen-bond donors (Lipinski definition) is 5. The van der Waals surface area contributed by atoms with Crippen LogP contribution in [0.3, 0.4) is 0 Å². The fraction of sp³-hybridized carbons (Fsp3) is 0.387. The van der Waals surface area contributed by atoms with Crippen molar-refractivity contribution in [3.63, 3.8) is 0 Å². The van der Waals surface area contributed by atoms with Crippen molar-refractivity contribution in [2.24, 2.45) is 5.41 Å². The van der Waals surface area contributed by atoms with Gasteiger partial charge in [-0.25, -0.2) is 4.79 Å². The maximum atomic E-state index is 13.5. The number of rotatable bonds is 13. The Labute approximate surface area is 249 Å². The average Bonchev–Trinajstić information content (AvgIpc) is 3.35. The molecule has 0 aliphatic carbocycles. The highest BCUT2D eigenvalue weighted by atomic mass is 16.7. The summed E-state index contributed by atoms with van der Waals surface area (Å²) in [6, 6.07) is 15.7. The van der Waals surface area contributed by atoms with E-state index in [4.69, 9.17) is 9.47 Å². The van der Waals surface area contributed by atoms with E-state index >= 15 is 0 Å². The van der Waals surface area contributed by atoms with Gasteiger partial charge in [0.05, 0.1) is 17.9 Å². The van der Waals surface area contributed by atoms with Crippen molar-refractivity contribution in [2.45, 2.75) is 58.5 Å². The van der Waals surface area contributed by atoms with Crippen LogP contribution >= 0.6 is 0 Å². The van der Waals surface area contributed by atoms with Gasteiger partial charge >= 0.3 is 18.0 Å². The van der Waals surface area contributed by atoms with E-state index < -0.39 is 53.6 Å². The molecule has 0 aliphatic heterocycles. The van der Waals surface area contributed by atoms with Crippen molar-refractivity contribution < 1.29 is 38.6 Å². The number of nitrogens with one attached hydrogen (secondary N) is 4. The quantitative estimate of drug-likeness (QED) is 0.147. The SMILES string of the molecule is CC(C)(C)C(=O)OCOC(=O)CCC(=O)NC(CNC(=O)C(C)(Cc1c[nH]c2ccccc12)NC(=O)O)c1ccccc1. The largest absolute Gasteiger partial charge is 0.465 e. The highest BCUT2D eigenvalue weighted by molar-refractivity contribution is 5.91. The van der Waals surface area contributed by atoms with Crippen LogP contribution in [0.2, 0.25) is 0 Å². The highest BCUT2D eigenvalue weighted by Gasteiger charge is 2.36. The number of amides is 3. The van der Waals surface area contributed by atoms with Gasteiger partial charge in [0.25, 0.3) is 0 Å². The highest BCUT2D eigenvalue weighted by Crippen LogP contribution is 2.23. The molecule has 1 aromatic heterocycles. The number of ether oxygens (including phenoxy) is 2. The number of benzene rings is 2. The predicted molar refractivity (Wildman–Crippen MR) is 158 cm³/mol. The molecular weight excluding hydrogens is 556 g/mol. The van der Waals surface area contributed by atoms with E-state index in [0.29, 0.717) is 5.56 Å². The van der Waals surface area contributed by atoms with Gasteiger partial charge in [-0.1, -0.05) is 48.5 Å². The lowest BCUT2D eigenvalue weighted by molar-refractivity contribution is -0.173. The van der Waals surface area contributed by atoms with Gasteiger partial charge < -0.3 is 35.5 Å². The number of carbonyl (C=O) groups excluding carboxylic acids is 4. The molecule has 0 radical (unpaired) electrons. The number of hydrogen-bond acceptors (Lipinski definition) is 7. The summed E-state index contributed by atoms with van der Waals surface area (Å²) in [6.45, 7) is 5.91. The van der Waals surface area contributed by atoms with E-state index in [1.165, 1.54) is 6.92 Å². The van der Waals surface area contributed by atoms with Crippen LogP contribution in [0, 0.1) is 5.41 Å². The van der Waals surface area contributed by atoms with E-state index in [1.54, 1.807) is 57.3 Å². The van der Waals surface area contributed by atoms with Crippen LogP contribution in [0.1, 0.15) is 57.7 Å². The molecule has 0 bridgehead atoms. The molecule has 0 fully saturated rings. The molecule has 0 saturated carbocycles. The van der Waals surface area contributed by atoms with Gasteiger partial charge in [-0.3, -0.25) is 19.2 Å². The van der Waals surface area contributed by atoms with Crippen molar-refractivity contribution in [1.82, 2.24) is 20.9 Å². The second kappa shape index (κ2) is 14.3. The number of carbonyl (C=O) groups is 5. The molecule has 2 unspecified atom stereocenters. The molecule has 2 aromatic carbocycles. The first-order chi connectivity index (χ1) is 20.3. The second-order valence-electron chi connectivity index (χ2n) is 11.4. The Bertz CT molecular complexity index is 1450. The summed E-state index contributed by atoms with van der Waals surface area (Å²) in [5.74, 6) is -2.29. The van der Waals surface area contributed by atoms with E-state index in [2.05, 4.69) is 20.9 Å². The molecule has 3 aromatic rings. The van der Waals surface area contributed by atoms with Crippen molar-refractivity contribution in [1.29, 1.82) is 0 Å². The van der Waals surface area contributed by atoms with Crippen molar-refractivity contribution in [3.8, 4) is 0 Å². The van der Waals surface area contributed by atoms with Crippen molar-refractivity contribution >= 4 is 40.7 Å². The lowest BCUT2D eigenvalue weighted by atomic mass is 9.91. The first-order valence-corrected chi connectivity index (χ1v) is 13.8. The van der Waals surface area contributed by atoms with Crippen molar-refractivity contribution in [3.05, 3.63) is 71.9 Å². The zero-order valence-electron chi connectivity index (χ0n) is 24.7. The van der Waals surface area contributed by atoms with Gasteiger partial charge in [-0.2, -0.15) is 0 Å². The van der Waals surface area contributed by atoms with E-state index in [-0.39, 0.29) is 25.8 Å². The zero-order chi connectivity index (χ0) is 31.6. The minimum atomic E-state index is -1.53. The first-order valence-electron chi connectivity index (χ1n) is 13.8. The van der Waals surface area contributed by atoms with E-state index in [9.17, 15) is 29.1 Å². The molecule has 230 valence electrons. The fourth-order valence-electron chi connectivity index (χ4n) is 4.32. The number of esters is 2. The van der Waals surface area contributed by atoms with Gasteiger partial charge in [0.15, 0.2) is 0 Å². The summed E-state index contributed by atoms with van der Waals surface area (Å²) in [5, 5.41) is 18.3. The van der Waals surface area contributed by atoms with Gasteiger partial charge in [-0.05, 0) is 44.9 Å². The molecule has 3 rings (SSSR count). The number of para-hydroxylation sites is 1. The van der Waals surface area contributed by atoms with Crippen LogP contribution in [0.15, 0.2) is 60.8 Å². The maximum absolute atomic E-state index is 13.5. The molecule has 5 N–H and O–H groups in total. The third-order valence-electron chi connectivity index (χ3n) is 6.69. The third kappa shape index (κ3) is 9.59. The molecule has 0 spiro atoms. The van der Waals surface area contributed by atoms with Crippen LogP contribution in [-0.4, -0.2) is 58.8 Å². The van der Waals surface area contributed by atoms with Gasteiger partial charge in [0.2, 0.25) is 18.6 Å². The number of H-pyrrole nitrogens is 1. The minimum absolute atomic E-state index is 0.0490. The lowest BCUT2D eigenvalue weighted by Crippen LogP contribution is -2.58. The standard InChI is InChI=1S/C31H38N4O8/c1-30(2,3)28(39)43-19-42-26(37)15-14-25(36)34-24(20-10-6-5-7-11-20)18-33-27(38)31(4,35-29(40)41)16-21-17-32-23-13-9-8-12-22(21)23/h5-13,17,24,32,35H,14-16,18-19H2,1-4H3,(H,33,38)(H,34,36)(H,40,41). The van der Waals surface area contributed by atoms with Crippen LogP contribution in [0.5, 0.6) is 0 Å². The molecular formula is C31H38N4O8. The van der Waals surface area contributed by atoms with Crippen LogP contribution < -0.4 is 16.0 Å². The van der Waals surface area contributed by atoms with Gasteiger partial charge in [-0.15, -0.1) is 0 Å². The Morgan fingerprint density at radius 2 is 1.58 bits per heavy atom. The van der Waals surface area contributed by atoms with Gasteiger partial charge in [0, 0.05) is 36.5 Å². The Morgan fingerprint density at radius 1 is 0.907 bits per heavy atom. The number of carboxylic acid groups (broad SMARTS) is 1. The maximum Gasteiger partial charge on any atom is 0.405 e. The average molecular weight is 595 g/mol. The van der Waals surface area contributed by atoms with Crippen LogP contribution in [0.4, 0.5) is 4.79 Å². The summed E-state index contributed by atoms with van der Waals surface area (Å²) in [4.78, 5) is 64.8. The molecule has 0 aliphatic rings. The molecule has 1 heterocycles. The first kappa shape index (κ1) is 32.6. The Kier molecular flexibility index (Phi) is 10.9. The van der Waals surface area contributed by atoms with Gasteiger partial charge in [0.1, 0.15) is 5.54 Å². The summed E-state index contributed by atoms with van der Waals surface area (Å²) in [7, 11) is 0. The molecule has 12 nitrogen and oxygen atoms in total. The minimum Gasteiger partial charge on any atom is -0.465 e. The number of fused-ring (bicyclic) bond motifs is 1. The third-order valence-corrected chi connectivity index (χ3v) is 6.69. The Hall–Kier alpha value is -4.87. The monoisotopic (exact) mass is 594 g/mol. The van der Waals surface area contributed by atoms with Crippen LogP contribution in [0.25, 0.3) is 10.9 Å². The smallest absolute Gasteiger partial charge is 0.405 e. The molecule has 2 atom stereocenters. The molecule has 12 heteroatoms. The predicted octanol–water partition coefficient (Wildman–Crippen LogP) is 3.58. The summed E-state index contributed by atoms with van der Waals surface area (Å²) < 4.78 is 9.79. The summed E-state index contributed by atoms with van der Waals surface area (Å²) in [6.07, 6.45) is 0.00224. The van der Waals surface area contributed by atoms with Crippen LogP contribution in [-0.2, 0) is 35.1 Å². The number of aromatic nitrogens is 1. The van der Waals surface area contributed by atoms with Crippen molar-refractivity contribution in [2.75, 3.05) is 13.3 Å². The van der Waals surface area contributed by atoms with E-state index in [0.717, 1.165) is 16.5 Å². The topological polar surface area (TPSA) is 176 Å². The zero-order valence-corrected chi connectivity index (χ0v) is 24.7.